The fraction of sp³-hybridized carbons (Fsp3) is 0.182. The maximum absolute atomic E-state index is 10.8. The van der Waals surface area contributed by atoms with Gasteiger partial charge in [-0.25, -0.2) is 4.98 Å². The summed E-state index contributed by atoms with van der Waals surface area (Å²) < 4.78 is 5.70. The number of unbranched alkanes of at least 4 members (excludes halogenated alkanes) is 1. The molecule has 1 aromatic heterocycles. The van der Waals surface area contributed by atoms with Gasteiger partial charge in [0.1, 0.15) is 22.4 Å². The molecule has 0 aliphatic carbocycles. The zero-order valence-corrected chi connectivity index (χ0v) is 17.2. The SMILES string of the molecule is CCCCOc1cccc(N/C=C(\C#N)c2nc(-c3ccc([N+](=O)[O-])cc3)cs2)c1. The van der Waals surface area contributed by atoms with Gasteiger partial charge in [0.15, 0.2) is 0 Å². The number of nitro benzene ring substituents is 1. The molecule has 0 fully saturated rings. The molecular weight excluding hydrogens is 400 g/mol. The Balaban J connectivity index is 1.72. The average molecular weight is 420 g/mol. The van der Waals surface area contributed by atoms with Gasteiger partial charge >= 0.3 is 0 Å². The van der Waals surface area contributed by atoms with Crippen LogP contribution in [0, 0.1) is 21.4 Å². The minimum absolute atomic E-state index is 0.0249. The van der Waals surface area contributed by atoms with Crippen molar-refractivity contribution in [3.63, 3.8) is 0 Å². The number of thiazole rings is 1. The molecule has 0 aliphatic heterocycles. The number of hydrogen-bond acceptors (Lipinski definition) is 7. The molecule has 3 rings (SSSR count). The van der Waals surface area contributed by atoms with Crippen LogP contribution in [0.15, 0.2) is 60.1 Å². The molecule has 0 saturated carbocycles. The molecule has 0 spiro atoms. The highest BCUT2D eigenvalue weighted by Gasteiger charge is 2.11. The Labute approximate surface area is 178 Å². The van der Waals surface area contributed by atoms with Gasteiger partial charge in [-0.1, -0.05) is 19.4 Å². The summed E-state index contributed by atoms with van der Waals surface area (Å²) in [5, 5.41) is 25.8. The molecule has 1 N–H and O–H groups in total. The van der Waals surface area contributed by atoms with Crippen molar-refractivity contribution in [3.8, 4) is 23.1 Å². The van der Waals surface area contributed by atoms with E-state index in [9.17, 15) is 15.4 Å². The van der Waals surface area contributed by atoms with Crippen molar-refractivity contribution in [3.05, 3.63) is 75.2 Å². The van der Waals surface area contributed by atoms with Crippen LogP contribution < -0.4 is 10.1 Å². The Hall–Kier alpha value is -3.70. The summed E-state index contributed by atoms with van der Waals surface area (Å²) >= 11 is 1.34. The van der Waals surface area contributed by atoms with Gasteiger partial charge in [-0.15, -0.1) is 11.3 Å². The number of nitrogens with zero attached hydrogens (tertiary/aromatic N) is 3. The van der Waals surface area contributed by atoms with E-state index in [2.05, 4.69) is 23.3 Å². The molecule has 8 heteroatoms. The minimum atomic E-state index is -0.442. The summed E-state index contributed by atoms with van der Waals surface area (Å²) in [7, 11) is 0. The molecule has 0 amide bonds. The molecule has 152 valence electrons. The first-order chi connectivity index (χ1) is 14.6. The summed E-state index contributed by atoms with van der Waals surface area (Å²) in [5.74, 6) is 0.773. The Morgan fingerprint density at radius 1 is 1.33 bits per heavy atom. The second kappa shape index (κ2) is 10.2. The maximum atomic E-state index is 10.8. The molecule has 30 heavy (non-hydrogen) atoms. The van der Waals surface area contributed by atoms with Crippen molar-refractivity contribution in [1.82, 2.24) is 4.98 Å². The Bertz CT molecular complexity index is 1080. The zero-order chi connectivity index (χ0) is 21.3. The summed E-state index contributed by atoms with van der Waals surface area (Å²) in [6.45, 7) is 2.78. The van der Waals surface area contributed by atoms with Gasteiger partial charge in [0.05, 0.1) is 17.2 Å². The molecule has 2 aromatic carbocycles. The number of aromatic nitrogens is 1. The van der Waals surface area contributed by atoms with Gasteiger partial charge in [0.2, 0.25) is 0 Å². The van der Waals surface area contributed by atoms with E-state index in [-0.39, 0.29) is 5.69 Å². The summed E-state index contributed by atoms with van der Waals surface area (Å²) in [4.78, 5) is 14.8. The zero-order valence-electron chi connectivity index (χ0n) is 16.4. The number of rotatable bonds is 9. The van der Waals surface area contributed by atoms with Gasteiger partial charge in [-0.3, -0.25) is 10.1 Å². The second-order valence-electron chi connectivity index (χ2n) is 6.39. The highest BCUT2D eigenvalue weighted by molar-refractivity contribution is 7.11. The molecule has 0 aliphatic rings. The molecule has 0 bridgehead atoms. The van der Waals surface area contributed by atoms with Crippen LogP contribution in [0.25, 0.3) is 16.8 Å². The third-order valence-corrected chi connectivity index (χ3v) is 5.09. The number of nitro groups is 1. The first-order valence-electron chi connectivity index (χ1n) is 9.41. The monoisotopic (exact) mass is 420 g/mol. The molecule has 0 unspecified atom stereocenters. The summed E-state index contributed by atoms with van der Waals surface area (Å²) in [6, 6.07) is 15.9. The Morgan fingerprint density at radius 2 is 2.13 bits per heavy atom. The number of nitriles is 1. The van der Waals surface area contributed by atoms with Gasteiger partial charge in [0, 0.05) is 41.0 Å². The number of ether oxygens (including phenoxy) is 1. The average Bonchev–Trinajstić information content (AvgIpc) is 3.25. The van der Waals surface area contributed by atoms with E-state index in [1.165, 1.54) is 23.5 Å². The number of allylic oxidation sites excluding steroid dienone is 1. The third kappa shape index (κ3) is 5.43. The molecule has 3 aromatic rings. The predicted molar refractivity (Wildman–Crippen MR) is 118 cm³/mol. The lowest BCUT2D eigenvalue weighted by Crippen LogP contribution is -1.97. The van der Waals surface area contributed by atoms with Crippen LogP contribution in [-0.2, 0) is 0 Å². The van der Waals surface area contributed by atoms with Crippen LogP contribution in [0.5, 0.6) is 5.75 Å². The van der Waals surface area contributed by atoms with Gasteiger partial charge in [-0.05, 0) is 30.7 Å². The van der Waals surface area contributed by atoms with Crippen molar-refractivity contribution in [2.75, 3.05) is 11.9 Å². The quantitative estimate of drug-likeness (QED) is 0.201. The van der Waals surface area contributed by atoms with E-state index in [0.717, 1.165) is 29.8 Å². The van der Waals surface area contributed by atoms with Crippen molar-refractivity contribution in [1.29, 1.82) is 5.26 Å². The van der Waals surface area contributed by atoms with E-state index in [0.29, 0.717) is 22.9 Å². The molecule has 0 saturated heterocycles. The number of hydrogen-bond donors (Lipinski definition) is 1. The lowest BCUT2D eigenvalue weighted by atomic mass is 10.1. The highest BCUT2D eigenvalue weighted by atomic mass is 32.1. The van der Waals surface area contributed by atoms with Gasteiger partial charge in [-0.2, -0.15) is 5.26 Å². The summed E-state index contributed by atoms with van der Waals surface area (Å²) in [5.41, 5.74) is 2.65. The van der Waals surface area contributed by atoms with Crippen LogP contribution in [0.1, 0.15) is 24.8 Å². The van der Waals surface area contributed by atoms with E-state index < -0.39 is 4.92 Å². The number of benzene rings is 2. The molecule has 0 atom stereocenters. The highest BCUT2D eigenvalue weighted by Crippen LogP contribution is 2.27. The first-order valence-corrected chi connectivity index (χ1v) is 10.3. The van der Waals surface area contributed by atoms with Crippen LogP contribution in [0.2, 0.25) is 0 Å². The van der Waals surface area contributed by atoms with E-state index in [4.69, 9.17) is 4.74 Å². The normalized spacial score (nSPS) is 11.0. The smallest absolute Gasteiger partial charge is 0.269 e. The maximum Gasteiger partial charge on any atom is 0.269 e. The van der Waals surface area contributed by atoms with Gasteiger partial charge < -0.3 is 10.1 Å². The lowest BCUT2D eigenvalue weighted by molar-refractivity contribution is -0.384. The first kappa shape index (κ1) is 21.0. The molecular formula is C22H20N4O3S. The van der Waals surface area contributed by atoms with Crippen LogP contribution >= 0.6 is 11.3 Å². The largest absolute Gasteiger partial charge is 0.494 e. The van der Waals surface area contributed by atoms with Crippen molar-refractivity contribution in [2.24, 2.45) is 0 Å². The van der Waals surface area contributed by atoms with E-state index in [1.54, 1.807) is 18.3 Å². The number of anilines is 1. The van der Waals surface area contributed by atoms with Crippen LogP contribution in [-0.4, -0.2) is 16.5 Å². The predicted octanol–water partition coefficient (Wildman–Crippen LogP) is 5.87. The number of non-ortho nitro benzene ring substituents is 1. The summed E-state index contributed by atoms with van der Waals surface area (Å²) in [6.07, 6.45) is 3.68. The molecule has 0 radical (unpaired) electrons. The van der Waals surface area contributed by atoms with E-state index in [1.807, 2.05) is 29.6 Å². The Morgan fingerprint density at radius 3 is 2.83 bits per heavy atom. The standard InChI is InChI=1S/C22H20N4O3S/c1-2-3-11-29-20-6-4-5-18(12-20)24-14-17(13-23)22-25-21(15-30-22)16-7-9-19(10-8-16)26(27)28/h4-10,12,14-15,24H,2-3,11H2,1H3/b17-14+. The fourth-order valence-corrected chi connectivity index (χ4v) is 3.39. The second-order valence-corrected chi connectivity index (χ2v) is 7.24. The lowest BCUT2D eigenvalue weighted by Gasteiger charge is -2.07. The minimum Gasteiger partial charge on any atom is -0.494 e. The third-order valence-electron chi connectivity index (χ3n) is 4.21. The number of nitrogens with one attached hydrogen (secondary N) is 1. The van der Waals surface area contributed by atoms with Gasteiger partial charge in [0.25, 0.3) is 5.69 Å². The molecule has 1 heterocycles. The van der Waals surface area contributed by atoms with Crippen LogP contribution in [0.4, 0.5) is 11.4 Å². The van der Waals surface area contributed by atoms with Crippen molar-refractivity contribution < 1.29 is 9.66 Å². The molecule has 7 nitrogen and oxygen atoms in total. The fourth-order valence-electron chi connectivity index (χ4n) is 2.59. The Kier molecular flexibility index (Phi) is 7.14. The topological polar surface area (TPSA) is 101 Å². The van der Waals surface area contributed by atoms with Crippen molar-refractivity contribution in [2.45, 2.75) is 19.8 Å². The van der Waals surface area contributed by atoms with E-state index >= 15 is 0 Å². The van der Waals surface area contributed by atoms with Crippen molar-refractivity contribution >= 4 is 28.3 Å². The van der Waals surface area contributed by atoms with Crippen LogP contribution in [0.3, 0.4) is 0 Å².